The Balaban J connectivity index is 1.51. The number of hydrogen-bond acceptors (Lipinski definition) is 3. The Labute approximate surface area is 163 Å². The van der Waals surface area contributed by atoms with E-state index in [1.807, 2.05) is 24.3 Å². The van der Waals surface area contributed by atoms with E-state index in [0.717, 1.165) is 36.7 Å². The lowest BCUT2D eigenvalue weighted by Gasteiger charge is -2.19. The molecule has 3 rings (SSSR count). The molecule has 0 unspecified atom stereocenters. The van der Waals surface area contributed by atoms with Crippen LogP contribution < -0.4 is 4.74 Å². The van der Waals surface area contributed by atoms with E-state index < -0.39 is 14.6 Å². The second-order valence-electron chi connectivity index (χ2n) is 8.59. The molecule has 2 aromatic rings. The first-order valence-corrected chi connectivity index (χ1v) is 11.4. The molecule has 4 heteroatoms. The Morgan fingerprint density at radius 2 is 1.33 bits per heavy atom. The predicted octanol–water partition coefficient (Wildman–Crippen LogP) is 4.97. The molecule has 1 aliphatic carbocycles. The van der Waals surface area contributed by atoms with E-state index in [1.165, 1.54) is 24.0 Å². The van der Waals surface area contributed by atoms with Crippen LogP contribution in [0, 0.1) is 5.92 Å². The van der Waals surface area contributed by atoms with E-state index in [1.54, 1.807) is 20.8 Å². The number of sulfone groups is 1. The second kappa shape index (κ2) is 8.05. The van der Waals surface area contributed by atoms with Gasteiger partial charge in [-0.3, -0.25) is 0 Å². The molecule has 146 valence electrons. The van der Waals surface area contributed by atoms with Gasteiger partial charge in [0.2, 0.25) is 0 Å². The van der Waals surface area contributed by atoms with Crippen LogP contribution in [0.5, 0.6) is 5.75 Å². The van der Waals surface area contributed by atoms with Gasteiger partial charge in [-0.15, -0.1) is 0 Å². The summed E-state index contributed by atoms with van der Waals surface area (Å²) in [5, 5.41) is 0. The number of rotatable bonds is 8. The fourth-order valence-electron chi connectivity index (χ4n) is 2.78. The molecular formula is C23H30O3S. The third kappa shape index (κ3) is 5.83. The Bertz CT molecular complexity index is 840. The van der Waals surface area contributed by atoms with Crippen LogP contribution in [-0.4, -0.2) is 19.8 Å². The maximum atomic E-state index is 12.3. The highest BCUT2D eigenvalue weighted by atomic mass is 32.2. The molecule has 27 heavy (non-hydrogen) atoms. The summed E-state index contributed by atoms with van der Waals surface area (Å²) in [6.45, 7) is 6.09. The minimum Gasteiger partial charge on any atom is -0.493 e. The first kappa shape index (κ1) is 19.9. The molecular weight excluding hydrogens is 356 g/mol. The lowest BCUT2D eigenvalue weighted by Crippen LogP contribution is -2.29. The van der Waals surface area contributed by atoms with Crippen LogP contribution in [0.3, 0.4) is 0 Å². The van der Waals surface area contributed by atoms with Crippen molar-refractivity contribution < 1.29 is 13.2 Å². The molecule has 1 fully saturated rings. The SMILES string of the molecule is CC(C)(C)S(=O)(=O)Cc1ccc(CCc2ccc(OCC3CC3)cc2)cc1. The molecule has 0 heterocycles. The van der Waals surface area contributed by atoms with Gasteiger partial charge >= 0.3 is 0 Å². The van der Waals surface area contributed by atoms with E-state index in [2.05, 4.69) is 24.3 Å². The molecule has 0 N–H and O–H groups in total. The average molecular weight is 387 g/mol. The van der Waals surface area contributed by atoms with E-state index in [0.29, 0.717) is 0 Å². The van der Waals surface area contributed by atoms with Crippen molar-refractivity contribution >= 4 is 9.84 Å². The van der Waals surface area contributed by atoms with Gasteiger partial charge in [-0.05, 0) is 81.2 Å². The standard InChI is InChI=1S/C23H30O3S/c1-23(2,3)27(24,25)17-21-10-6-18(7-11-21)4-5-19-12-14-22(15-13-19)26-16-20-8-9-20/h6-7,10-15,20H,4-5,8-9,16-17H2,1-3H3. The Kier molecular flexibility index (Phi) is 5.95. The molecule has 0 bridgehead atoms. The lowest BCUT2D eigenvalue weighted by atomic mass is 10.0. The monoisotopic (exact) mass is 386 g/mol. The van der Waals surface area contributed by atoms with Crippen molar-refractivity contribution in [3.8, 4) is 5.75 Å². The summed E-state index contributed by atoms with van der Waals surface area (Å²) < 4.78 is 29.7. The van der Waals surface area contributed by atoms with Gasteiger partial charge in [0.15, 0.2) is 9.84 Å². The van der Waals surface area contributed by atoms with Gasteiger partial charge in [-0.25, -0.2) is 8.42 Å². The molecule has 1 aliphatic rings. The van der Waals surface area contributed by atoms with Crippen molar-refractivity contribution in [2.45, 2.75) is 57.0 Å². The van der Waals surface area contributed by atoms with E-state index in [4.69, 9.17) is 4.74 Å². The highest BCUT2D eigenvalue weighted by Crippen LogP contribution is 2.29. The summed E-state index contributed by atoms with van der Waals surface area (Å²) in [4.78, 5) is 0. The van der Waals surface area contributed by atoms with Gasteiger partial charge in [-0.2, -0.15) is 0 Å². The number of aryl methyl sites for hydroxylation is 2. The van der Waals surface area contributed by atoms with Crippen molar-refractivity contribution in [1.29, 1.82) is 0 Å². The van der Waals surface area contributed by atoms with E-state index in [-0.39, 0.29) is 5.75 Å². The summed E-state index contributed by atoms with van der Waals surface area (Å²) in [6, 6.07) is 16.3. The largest absolute Gasteiger partial charge is 0.493 e. The van der Waals surface area contributed by atoms with Crippen molar-refractivity contribution in [2.75, 3.05) is 6.61 Å². The molecule has 0 aliphatic heterocycles. The van der Waals surface area contributed by atoms with Gasteiger partial charge in [0.1, 0.15) is 5.75 Å². The Morgan fingerprint density at radius 1 is 0.852 bits per heavy atom. The van der Waals surface area contributed by atoms with Crippen LogP contribution in [0.4, 0.5) is 0 Å². The maximum Gasteiger partial charge on any atom is 0.159 e. The molecule has 0 spiro atoms. The van der Waals surface area contributed by atoms with Crippen LogP contribution in [-0.2, 0) is 28.4 Å². The van der Waals surface area contributed by atoms with Gasteiger partial charge in [0.25, 0.3) is 0 Å². The number of ether oxygens (including phenoxy) is 1. The fraction of sp³-hybridized carbons (Fsp3) is 0.478. The predicted molar refractivity (Wildman–Crippen MR) is 111 cm³/mol. The topological polar surface area (TPSA) is 43.4 Å². The van der Waals surface area contributed by atoms with Crippen LogP contribution >= 0.6 is 0 Å². The Morgan fingerprint density at radius 3 is 1.81 bits per heavy atom. The molecule has 3 nitrogen and oxygen atoms in total. The van der Waals surface area contributed by atoms with Crippen molar-refractivity contribution in [1.82, 2.24) is 0 Å². The first-order valence-electron chi connectivity index (χ1n) is 9.75. The maximum absolute atomic E-state index is 12.3. The van der Waals surface area contributed by atoms with E-state index in [9.17, 15) is 8.42 Å². The lowest BCUT2D eigenvalue weighted by molar-refractivity contribution is 0.299. The summed E-state index contributed by atoms with van der Waals surface area (Å²) in [7, 11) is -3.14. The number of hydrogen-bond donors (Lipinski definition) is 0. The highest BCUT2D eigenvalue weighted by Gasteiger charge is 2.28. The minimum atomic E-state index is -3.14. The summed E-state index contributed by atoms with van der Waals surface area (Å²) in [5.41, 5.74) is 3.36. The van der Waals surface area contributed by atoms with Gasteiger partial charge in [0.05, 0.1) is 17.1 Å². The van der Waals surface area contributed by atoms with Crippen LogP contribution in [0.25, 0.3) is 0 Å². The minimum absolute atomic E-state index is 0.0963. The third-order valence-electron chi connectivity index (χ3n) is 5.12. The van der Waals surface area contributed by atoms with Crippen molar-refractivity contribution in [2.24, 2.45) is 5.92 Å². The van der Waals surface area contributed by atoms with E-state index >= 15 is 0 Å². The molecule has 0 saturated heterocycles. The smallest absolute Gasteiger partial charge is 0.159 e. The molecule has 0 amide bonds. The average Bonchev–Trinajstić information content (AvgIpc) is 3.43. The van der Waals surface area contributed by atoms with Crippen molar-refractivity contribution in [3.63, 3.8) is 0 Å². The summed E-state index contributed by atoms with van der Waals surface area (Å²) >= 11 is 0. The number of benzene rings is 2. The first-order chi connectivity index (χ1) is 12.7. The van der Waals surface area contributed by atoms with Gasteiger partial charge < -0.3 is 4.74 Å². The van der Waals surface area contributed by atoms with Crippen LogP contribution in [0.2, 0.25) is 0 Å². The van der Waals surface area contributed by atoms with Gasteiger partial charge in [0, 0.05) is 0 Å². The fourth-order valence-corrected chi connectivity index (χ4v) is 3.84. The van der Waals surface area contributed by atoms with Crippen LogP contribution in [0.1, 0.15) is 50.3 Å². The zero-order valence-corrected chi connectivity index (χ0v) is 17.4. The van der Waals surface area contributed by atoms with Crippen LogP contribution in [0.15, 0.2) is 48.5 Å². The third-order valence-corrected chi connectivity index (χ3v) is 7.70. The Hall–Kier alpha value is -1.81. The zero-order chi connectivity index (χ0) is 19.5. The molecule has 1 saturated carbocycles. The highest BCUT2D eigenvalue weighted by molar-refractivity contribution is 7.91. The van der Waals surface area contributed by atoms with Gasteiger partial charge in [-0.1, -0.05) is 36.4 Å². The molecule has 0 atom stereocenters. The molecule has 0 aromatic heterocycles. The zero-order valence-electron chi connectivity index (χ0n) is 16.6. The quantitative estimate of drug-likeness (QED) is 0.643. The molecule has 2 aromatic carbocycles. The molecule has 0 radical (unpaired) electrons. The van der Waals surface area contributed by atoms with Crippen molar-refractivity contribution in [3.05, 3.63) is 65.2 Å². The second-order valence-corrected chi connectivity index (χ2v) is 11.3. The summed E-state index contributed by atoms with van der Waals surface area (Å²) in [6.07, 6.45) is 4.51. The summed E-state index contributed by atoms with van der Waals surface area (Å²) in [5.74, 6) is 1.82. The normalized spacial score (nSPS) is 14.9.